The van der Waals surface area contributed by atoms with E-state index in [1.54, 1.807) is 0 Å². The summed E-state index contributed by atoms with van der Waals surface area (Å²) >= 11 is 0. The molecule has 0 bridgehead atoms. The summed E-state index contributed by atoms with van der Waals surface area (Å²) in [6.45, 7) is 0. The molecular weight excluding hydrogens is 536 g/mol. The number of hydrogen-bond donors (Lipinski definition) is 0. The van der Waals surface area contributed by atoms with Crippen molar-refractivity contribution in [2.75, 3.05) is 0 Å². The maximum absolute atomic E-state index is 9.29. The van der Waals surface area contributed by atoms with E-state index in [4.69, 9.17) is 0 Å². The molecule has 0 saturated carbocycles. The fourth-order valence-corrected chi connectivity index (χ4v) is 1.84. The third-order valence-corrected chi connectivity index (χ3v) is 3.00. The topological polar surface area (TPSA) is 247 Å². The summed E-state index contributed by atoms with van der Waals surface area (Å²) in [7, 11) is -21.7. The summed E-state index contributed by atoms with van der Waals surface area (Å²) in [6.07, 6.45) is 0. The Labute approximate surface area is 121 Å². The Hall–Kier alpha value is 0.248. The Morgan fingerprint density at radius 2 is 0.579 bits per heavy atom. The smallest absolute Gasteiger partial charge is 0.231 e. The van der Waals surface area contributed by atoms with Gasteiger partial charge in [-0.05, 0) is 0 Å². The molecule has 0 fully saturated rings. The van der Waals surface area contributed by atoms with Crippen LogP contribution >= 0.6 is 0 Å². The van der Waals surface area contributed by atoms with Gasteiger partial charge in [0, 0.05) is 21.1 Å². The zero-order valence-electron chi connectivity index (χ0n) is 7.76. The minimum Gasteiger partial charge on any atom is -0.725 e. The van der Waals surface area contributed by atoms with Gasteiger partial charge in [-0.1, -0.05) is 0 Å². The van der Waals surface area contributed by atoms with Crippen molar-refractivity contribution in [1.29, 1.82) is 0 Å². The molecule has 0 saturated heterocycles. The Kier molecular flexibility index (Phi) is 10.1. The first-order valence-corrected chi connectivity index (χ1v) is 8.00. The Balaban J connectivity index is -0.000000256. The summed E-state index contributed by atoms with van der Waals surface area (Å²) in [5, 5.41) is 0. The molecule has 19 heteroatoms. The predicted molar refractivity (Wildman–Crippen MR) is 41.0 cm³/mol. The molecule has 0 aromatic carbocycles. The second kappa shape index (κ2) is 7.88. The third kappa shape index (κ3) is 32.1. The van der Waals surface area contributed by atoms with Gasteiger partial charge < -0.3 is 18.2 Å². The van der Waals surface area contributed by atoms with E-state index in [2.05, 4.69) is 7.26 Å². The van der Waals surface area contributed by atoms with Gasteiger partial charge in [0.05, 0.1) is 0 Å². The van der Waals surface area contributed by atoms with E-state index in [0.29, 0.717) is 0 Å². The van der Waals surface area contributed by atoms with Gasteiger partial charge in [0.1, 0.15) is 0 Å². The average Bonchev–Trinajstić information content (AvgIpc) is 1.64. The molecule has 0 aromatic rings. The van der Waals surface area contributed by atoms with Gasteiger partial charge in [-0.3, -0.25) is 0 Å². The first kappa shape index (κ1) is 24.3. The van der Waals surface area contributed by atoms with Gasteiger partial charge >= 0.3 is 0 Å². The minimum absolute atomic E-state index is 0. The summed E-state index contributed by atoms with van der Waals surface area (Å²) in [5.41, 5.74) is 0. The van der Waals surface area contributed by atoms with Crippen molar-refractivity contribution in [2.24, 2.45) is 0 Å². The van der Waals surface area contributed by atoms with Crippen molar-refractivity contribution in [3.8, 4) is 0 Å². The van der Waals surface area contributed by atoms with Crippen LogP contribution in [0, 0.1) is 0 Å². The summed E-state index contributed by atoms with van der Waals surface area (Å²) in [5.74, 6) is 0. The van der Waals surface area contributed by atoms with Gasteiger partial charge in [-0.25, -0.2) is 33.7 Å². The third-order valence-electron chi connectivity index (χ3n) is 0.333. The van der Waals surface area contributed by atoms with Crippen LogP contribution in [-0.2, 0) is 69.9 Å². The molecule has 0 heterocycles. The molecule has 14 nitrogen and oxygen atoms in total. The molecule has 0 spiro atoms. The van der Waals surface area contributed by atoms with Gasteiger partial charge in [0.25, 0.3) is 0 Å². The molecule has 0 aliphatic rings. The van der Waals surface area contributed by atoms with E-state index in [1.165, 1.54) is 0 Å². The van der Waals surface area contributed by atoms with Crippen LogP contribution in [0.1, 0.15) is 0 Å². The van der Waals surface area contributed by atoms with E-state index in [-0.39, 0.29) is 21.1 Å². The summed E-state index contributed by atoms with van der Waals surface area (Å²) < 4.78 is 116. The molecule has 0 aliphatic carbocycles. The van der Waals surface area contributed by atoms with Gasteiger partial charge in [-0.15, -0.1) is 0 Å². The van der Waals surface area contributed by atoms with Crippen LogP contribution in [0.5, 0.6) is 0 Å². The van der Waals surface area contributed by atoms with Crippen molar-refractivity contribution in [1.82, 2.24) is 0 Å². The van der Waals surface area contributed by atoms with Crippen LogP contribution in [0.25, 0.3) is 0 Å². The Morgan fingerprint density at radius 3 is 0.579 bits per heavy atom. The molecule has 0 N–H and O–H groups in total. The second-order valence-electron chi connectivity index (χ2n) is 1.77. The van der Waals surface area contributed by atoms with Crippen LogP contribution in [0.4, 0.5) is 0 Å². The monoisotopic (exact) mass is 536 g/mol. The first-order valence-electron chi connectivity index (χ1n) is 2.67. The largest absolute Gasteiger partial charge is 0.725 e. The van der Waals surface area contributed by atoms with E-state index in [0.717, 1.165) is 0 Å². The number of rotatable bonds is 4. The van der Waals surface area contributed by atoms with Crippen molar-refractivity contribution >= 4 is 41.6 Å². The van der Waals surface area contributed by atoms with E-state index in [9.17, 15) is 51.9 Å². The Morgan fingerprint density at radius 1 is 0.474 bits per heavy atom. The van der Waals surface area contributed by atoms with Crippen LogP contribution in [-0.4, -0.2) is 51.9 Å². The standard InChI is InChI=1S/2H2O7S2.W/c2*1-8(2,3)7-9(4,5)6;/h2*(H,1,2,3)(H,4,5,6);/p-4. The van der Waals surface area contributed by atoms with Gasteiger partial charge in [-0.2, -0.15) is 7.26 Å². The van der Waals surface area contributed by atoms with Crippen molar-refractivity contribution in [2.45, 2.75) is 0 Å². The summed E-state index contributed by atoms with van der Waals surface area (Å²) in [6, 6.07) is 0. The molecule has 19 heavy (non-hydrogen) atoms. The van der Waals surface area contributed by atoms with Crippen LogP contribution < -0.4 is 0 Å². The average molecular weight is 536 g/mol. The second-order valence-corrected chi connectivity index (χ2v) is 6.12. The van der Waals surface area contributed by atoms with Crippen LogP contribution in [0.3, 0.4) is 0 Å². The molecule has 0 rings (SSSR count). The zero-order chi connectivity index (χ0) is 15.4. The van der Waals surface area contributed by atoms with Crippen molar-refractivity contribution < 1.29 is 80.2 Å². The van der Waals surface area contributed by atoms with Crippen molar-refractivity contribution in [3.05, 3.63) is 0 Å². The molecule has 0 unspecified atom stereocenters. The van der Waals surface area contributed by atoms with E-state index in [1.807, 2.05) is 0 Å². The zero-order valence-corrected chi connectivity index (χ0v) is 14.0. The maximum Gasteiger partial charge on any atom is 0.231 e. The van der Waals surface area contributed by atoms with E-state index < -0.39 is 41.6 Å². The van der Waals surface area contributed by atoms with E-state index >= 15 is 0 Å². The Bertz CT molecular complexity index is 532. The fraction of sp³-hybridized carbons (Fsp3) is 0. The maximum atomic E-state index is 9.29. The molecular formula is O14S4W-4. The first-order chi connectivity index (χ1) is 7.41. The predicted octanol–water partition coefficient (Wildman–Crippen LogP) is -4.16. The van der Waals surface area contributed by atoms with Gasteiger partial charge in [0.15, 0.2) is 0 Å². The molecule has 118 valence electrons. The molecule has 0 radical (unpaired) electrons. The normalized spacial score (nSPS) is 12.8. The fourth-order valence-electron chi connectivity index (χ4n) is 0.204. The van der Waals surface area contributed by atoms with Crippen LogP contribution in [0.2, 0.25) is 0 Å². The quantitative estimate of drug-likeness (QED) is 0.244. The van der Waals surface area contributed by atoms with Crippen LogP contribution in [0.15, 0.2) is 0 Å². The van der Waals surface area contributed by atoms with Gasteiger partial charge in [0.2, 0.25) is 41.6 Å². The molecule has 0 amide bonds. The SMILES string of the molecule is O=S(=O)([O-])OS(=O)(=O)[O-].O=S(=O)([O-])OS(=O)(=O)[O-].[W]. The minimum atomic E-state index is -5.43. The molecule has 0 aromatic heterocycles. The summed E-state index contributed by atoms with van der Waals surface area (Å²) in [4.78, 5) is 0. The van der Waals surface area contributed by atoms with Crippen molar-refractivity contribution in [3.63, 3.8) is 0 Å². The molecule has 0 aliphatic heterocycles. The molecule has 0 atom stereocenters. The number of hydrogen-bond acceptors (Lipinski definition) is 14.